The molecule has 0 saturated carbocycles. The van der Waals surface area contributed by atoms with Crippen molar-refractivity contribution in [2.45, 2.75) is 50.0 Å². The van der Waals surface area contributed by atoms with Gasteiger partial charge in [0.2, 0.25) is 5.95 Å². The normalized spacial score (nSPS) is 23.2. The molecule has 7 rings (SSSR count). The first-order valence-corrected chi connectivity index (χ1v) is 14.3. The van der Waals surface area contributed by atoms with Gasteiger partial charge in [-0.2, -0.15) is 0 Å². The number of anilines is 3. The van der Waals surface area contributed by atoms with Crippen molar-refractivity contribution < 1.29 is 18.9 Å². The van der Waals surface area contributed by atoms with Crippen LogP contribution in [0, 0.1) is 0 Å². The predicted octanol–water partition coefficient (Wildman–Crippen LogP) is 3.67. The largest absolute Gasteiger partial charge is 0.467 e. The first-order chi connectivity index (χ1) is 20.1. The summed E-state index contributed by atoms with van der Waals surface area (Å²) in [5.74, 6) is 1.48. The van der Waals surface area contributed by atoms with Crippen molar-refractivity contribution in [2.24, 2.45) is 0 Å². The number of piperazine rings is 1. The molecule has 11 heteroatoms. The number of allylic oxidation sites excluding steroid dienone is 1. The van der Waals surface area contributed by atoms with Gasteiger partial charge in [-0.05, 0) is 49.1 Å². The molecule has 1 aromatic carbocycles. The highest BCUT2D eigenvalue weighted by atomic mass is 16.7. The lowest BCUT2D eigenvalue weighted by Crippen LogP contribution is -2.54. The first kappa shape index (κ1) is 26.1. The maximum absolute atomic E-state index is 6.39. The number of hydrogen-bond acceptors (Lipinski definition) is 11. The molecule has 4 aliphatic rings. The standard InChI is InChI=1S/C30H35N7O4/c1-38-19-39-27-5-3-2-4-23(27)25-16-26(28(31)35-34-25)36-17-21-6-7-22(18-36)37(21)29-32-13-10-24(33-29)20-8-11-30(12-9-20)40-14-15-41-30/h2-5,8,10,13,16,21-22H,6-7,9,11-12,14-15,17-19H2,1H3,(H2,31,35)/t21-,22+. The Morgan fingerprint density at radius 2 is 1.85 bits per heavy atom. The van der Waals surface area contributed by atoms with E-state index in [9.17, 15) is 0 Å². The van der Waals surface area contributed by atoms with Gasteiger partial charge in [0.1, 0.15) is 5.75 Å². The molecule has 0 amide bonds. The summed E-state index contributed by atoms with van der Waals surface area (Å²) in [6, 6.07) is 12.3. The Hall–Kier alpha value is -3.80. The van der Waals surface area contributed by atoms with Crippen molar-refractivity contribution in [2.75, 3.05) is 55.7 Å². The highest BCUT2D eigenvalue weighted by molar-refractivity contribution is 5.74. The summed E-state index contributed by atoms with van der Waals surface area (Å²) >= 11 is 0. The summed E-state index contributed by atoms with van der Waals surface area (Å²) in [6.45, 7) is 3.12. The number of nitrogens with two attached hydrogens (primary N) is 1. The van der Waals surface area contributed by atoms with E-state index in [2.05, 4.69) is 26.1 Å². The van der Waals surface area contributed by atoms with Crippen LogP contribution in [-0.4, -0.2) is 78.2 Å². The van der Waals surface area contributed by atoms with Gasteiger partial charge in [0.25, 0.3) is 0 Å². The van der Waals surface area contributed by atoms with E-state index >= 15 is 0 Å². The highest BCUT2D eigenvalue weighted by Gasteiger charge is 2.42. The van der Waals surface area contributed by atoms with E-state index in [-0.39, 0.29) is 18.9 Å². The Bertz CT molecular complexity index is 1430. The minimum atomic E-state index is -0.433. The number of aromatic nitrogens is 4. The third kappa shape index (κ3) is 4.98. The average molecular weight is 558 g/mol. The number of benzene rings is 1. The fourth-order valence-electron chi connectivity index (χ4n) is 6.58. The van der Waals surface area contributed by atoms with Crippen molar-refractivity contribution in [1.29, 1.82) is 0 Å². The Labute approximate surface area is 239 Å². The monoisotopic (exact) mass is 557 g/mol. The van der Waals surface area contributed by atoms with E-state index in [0.717, 1.165) is 68.1 Å². The fourth-order valence-corrected chi connectivity index (χ4v) is 6.58. The quantitative estimate of drug-likeness (QED) is 0.428. The Morgan fingerprint density at radius 1 is 1.05 bits per heavy atom. The van der Waals surface area contributed by atoms with E-state index in [1.54, 1.807) is 7.11 Å². The van der Waals surface area contributed by atoms with Gasteiger partial charge in [-0.1, -0.05) is 18.2 Å². The Balaban J connectivity index is 1.10. The molecule has 2 aromatic heterocycles. The van der Waals surface area contributed by atoms with Crippen molar-refractivity contribution >= 4 is 23.0 Å². The summed E-state index contributed by atoms with van der Waals surface area (Å²) in [5.41, 5.74) is 11.1. The molecule has 1 aliphatic carbocycles. The van der Waals surface area contributed by atoms with Crippen LogP contribution in [0.25, 0.3) is 16.8 Å². The molecule has 0 unspecified atom stereocenters. The van der Waals surface area contributed by atoms with Crippen LogP contribution in [0.2, 0.25) is 0 Å². The van der Waals surface area contributed by atoms with Crippen LogP contribution in [0.4, 0.5) is 17.5 Å². The Morgan fingerprint density at radius 3 is 2.61 bits per heavy atom. The van der Waals surface area contributed by atoms with Crippen molar-refractivity contribution in [3.8, 4) is 17.0 Å². The molecular weight excluding hydrogens is 522 g/mol. The number of rotatable bonds is 7. The third-order valence-electron chi connectivity index (χ3n) is 8.57. The second-order valence-corrected chi connectivity index (χ2v) is 11.0. The van der Waals surface area contributed by atoms with Gasteiger partial charge in [0.15, 0.2) is 18.4 Å². The topological polar surface area (TPSA) is 121 Å². The molecule has 41 heavy (non-hydrogen) atoms. The lowest BCUT2D eigenvalue weighted by molar-refractivity contribution is -0.159. The van der Waals surface area contributed by atoms with Crippen LogP contribution in [0.1, 0.15) is 37.8 Å². The predicted molar refractivity (Wildman–Crippen MR) is 154 cm³/mol. The van der Waals surface area contributed by atoms with Crippen LogP contribution >= 0.6 is 0 Å². The minimum Gasteiger partial charge on any atom is -0.467 e. The van der Waals surface area contributed by atoms with Gasteiger partial charge >= 0.3 is 0 Å². The third-order valence-corrected chi connectivity index (χ3v) is 8.57. The van der Waals surface area contributed by atoms with E-state index in [1.807, 2.05) is 42.6 Å². The lowest BCUT2D eigenvalue weighted by atomic mass is 9.92. The number of nitrogen functional groups attached to an aromatic ring is 1. The van der Waals surface area contributed by atoms with Crippen LogP contribution in [0.15, 0.2) is 48.7 Å². The summed E-state index contributed by atoms with van der Waals surface area (Å²) in [7, 11) is 1.60. The lowest BCUT2D eigenvalue weighted by Gasteiger charge is -2.42. The summed E-state index contributed by atoms with van der Waals surface area (Å²) in [4.78, 5) is 14.5. The molecule has 3 aliphatic heterocycles. The molecule has 2 bridgehead atoms. The Kier molecular flexibility index (Phi) is 6.93. The number of nitrogens with zero attached hydrogens (tertiary/aromatic N) is 6. The second kappa shape index (κ2) is 10.9. The highest BCUT2D eigenvalue weighted by Crippen LogP contribution is 2.40. The van der Waals surface area contributed by atoms with Gasteiger partial charge in [-0.25, -0.2) is 9.97 Å². The first-order valence-electron chi connectivity index (χ1n) is 14.3. The van der Waals surface area contributed by atoms with Gasteiger partial charge in [0, 0.05) is 56.9 Å². The van der Waals surface area contributed by atoms with E-state index in [1.165, 1.54) is 5.57 Å². The maximum atomic E-state index is 6.39. The van der Waals surface area contributed by atoms with Gasteiger partial charge in [-0.15, -0.1) is 10.2 Å². The number of para-hydroxylation sites is 1. The van der Waals surface area contributed by atoms with Crippen LogP contribution < -0.4 is 20.3 Å². The molecule has 2 atom stereocenters. The van der Waals surface area contributed by atoms with Gasteiger partial charge < -0.3 is 34.5 Å². The van der Waals surface area contributed by atoms with E-state index in [4.69, 9.17) is 34.6 Å². The van der Waals surface area contributed by atoms with Crippen molar-refractivity contribution in [3.63, 3.8) is 0 Å². The fraction of sp³-hybridized carbons (Fsp3) is 0.467. The molecule has 3 fully saturated rings. The van der Waals surface area contributed by atoms with Crippen LogP contribution in [-0.2, 0) is 14.2 Å². The summed E-state index contributed by atoms with van der Waals surface area (Å²) in [5, 5.41) is 8.72. The van der Waals surface area contributed by atoms with Crippen molar-refractivity contribution in [1.82, 2.24) is 20.2 Å². The zero-order valence-electron chi connectivity index (χ0n) is 23.2. The molecule has 1 spiro atoms. The smallest absolute Gasteiger partial charge is 0.226 e. The molecular formula is C30H35N7O4. The van der Waals surface area contributed by atoms with Crippen LogP contribution in [0.3, 0.4) is 0 Å². The maximum Gasteiger partial charge on any atom is 0.226 e. The zero-order chi connectivity index (χ0) is 27.8. The number of ether oxygens (including phenoxy) is 4. The molecule has 5 heterocycles. The second-order valence-electron chi connectivity index (χ2n) is 11.0. The number of hydrogen-bond donors (Lipinski definition) is 1. The molecule has 214 valence electrons. The zero-order valence-corrected chi connectivity index (χ0v) is 23.2. The van der Waals surface area contributed by atoms with Crippen LogP contribution in [0.5, 0.6) is 5.75 Å². The molecule has 2 N–H and O–H groups in total. The van der Waals surface area contributed by atoms with E-state index in [0.29, 0.717) is 30.5 Å². The summed E-state index contributed by atoms with van der Waals surface area (Å²) < 4.78 is 22.6. The van der Waals surface area contributed by atoms with Gasteiger partial charge in [0.05, 0.1) is 30.3 Å². The average Bonchev–Trinajstić information content (AvgIpc) is 3.57. The number of methoxy groups -OCH3 is 1. The molecule has 0 radical (unpaired) electrons. The minimum absolute atomic E-state index is 0.155. The van der Waals surface area contributed by atoms with Crippen molar-refractivity contribution in [3.05, 3.63) is 54.4 Å². The van der Waals surface area contributed by atoms with E-state index < -0.39 is 5.79 Å². The SMILES string of the molecule is COCOc1ccccc1-c1cc(N2C[C@H]3CC[C@@H](C2)N3c2nccc(C3=CCC4(CC3)OCCO4)n2)c(N)nn1. The summed E-state index contributed by atoms with van der Waals surface area (Å²) in [6.07, 6.45) is 8.77. The van der Waals surface area contributed by atoms with Gasteiger partial charge in [-0.3, -0.25) is 0 Å². The molecule has 11 nitrogen and oxygen atoms in total. The molecule has 3 aromatic rings. The molecule has 3 saturated heterocycles. The number of fused-ring (bicyclic) bond motifs is 2.